The van der Waals surface area contributed by atoms with Gasteiger partial charge >= 0.3 is 8.80 Å². The van der Waals surface area contributed by atoms with Crippen molar-refractivity contribution >= 4 is 8.80 Å². The zero-order valence-electron chi connectivity index (χ0n) is 31.2. The fraction of sp³-hybridized carbons (Fsp3) is 1.00. The fourth-order valence-electron chi connectivity index (χ4n) is 6.68. The first-order chi connectivity index (χ1) is 21.0. The maximum absolute atomic E-state index is 6.17. The van der Waals surface area contributed by atoms with Gasteiger partial charge in [0.25, 0.3) is 0 Å². The first kappa shape index (κ1) is 46.5. The lowest BCUT2D eigenvalue weighted by Crippen LogP contribution is -3.00. The lowest BCUT2D eigenvalue weighted by molar-refractivity contribution is -0.910. The summed E-state index contributed by atoms with van der Waals surface area (Å²) in [5, 5.41) is 0. The van der Waals surface area contributed by atoms with Crippen LogP contribution in [-0.4, -0.2) is 59.8 Å². The van der Waals surface area contributed by atoms with Gasteiger partial charge in [0, 0.05) is 32.3 Å². The normalized spacial score (nSPS) is 12.1. The number of halogens is 1. The molecule has 0 rings (SSSR count). The highest BCUT2D eigenvalue weighted by Crippen LogP contribution is 2.22. The third-order valence-electron chi connectivity index (χ3n) is 9.38. The quantitative estimate of drug-likeness (QED) is 0.0380. The van der Waals surface area contributed by atoms with Gasteiger partial charge in [-0.05, 0) is 46.5 Å². The Hall–Kier alpha value is 0.347. The van der Waals surface area contributed by atoms with Crippen LogP contribution in [0.3, 0.4) is 0 Å². The maximum atomic E-state index is 6.17. The molecular weight excluding hydrogens is 582 g/mol. The number of quaternary nitrogens is 1. The Morgan fingerprint density at radius 1 is 0.364 bits per heavy atom. The van der Waals surface area contributed by atoms with Crippen LogP contribution in [0.2, 0.25) is 6.04 Å². The molecule has 4 nitrogen and oxygen atoms in total. The summed E-state index contributed by atoms with van der Waals surface area (Å²) in [4.78, 5) is 0. The summed E-state index contributed by atoms with van der Waals surface area (Å²) < 4.78 is 19.7. The minimum absolute atomic E-state index is 0. The molecule has 0 radical (unpaired) electrons. The van der Waals surface area contributed by atoms with Gasteiger partial charge in [-0.1, -0.05) is 142 Å². The molecule has 0 atom stereocenters. The molecule has 268 valence electrons. The molecule has 0 aliphatic carbocycles. The van der Waals surface area contributed by atoms with Gasteiger partial charge in [-0.15, -0.1) is 0 Å². The van der Waals surface area contributed by atoms with E-state index in [-0.39, 0.29) is 12.4 Å². The Morgan fingerprint density at radius 2 is 0.614 bits per heavy atom. The van der Waals surface area contributed by atoms with Crippen LogP contribution >= 0.6 is 0 Å². The molecule has 0 aromatic rings. The molecule has 0 aromatic heterocycles. The summed E-state index contributed by atoms with van der Waals surface area (Å²) >= 11 is 0. The average molecular weight is 665 g/mol. The predicted octanol–water partition coefficient (Wildman–Crippen LogP) is 9.28. The SMILES string of the molecule is CCCCCCCCCCCCCC[N+](C)(CCCCCCCCCCCCCC)CCC[Si](OCC)(OCC)OCC.[Cl-]. The van der Waals surface area contributed by atoms with Crippen molar-refractivity contribution in [1.82, 2.24) is 0 Å². The van der Waals surface area contributed by atoms with Gasteiger partial charge in [0.1, 0.15) is 0 Å². The van der Waals surface area contributed by atoms with Crippen molar-refractivity contribution in [3.63, 3.8) is 0 Å². The second-order valence-corrected chi connectivity index (χ2v) is 16.4. The first-order valence-corrected chi connectivity index (χ1v) is 21.7. The van der Waals surface area contributed by atoms with Crippen LogP contribution in [-0.2, 0) is 13.3 Å². The van der Waals surface area contributed by atoms with Gasteiger partial charge < -0.3 is 30.2 Å². The fourth-order valence-corrected chi connectivity index (χ4v) is 9.28. The van der Waals surface area contributed by atoms with Gasteiger partial charge in [-0.25, -0.2) is 0 Å². The van der Waals surface area contributed by atoms with E-state index in [1.807, 2.05) is 0 Å². The summed E-state index contributed by atoms with van der Waals surface area (Å²) in [5.74, 6) is 0. The van der Waals surface area contributed by atoms with E-state index in [0.29, 0.717) is 19.8 Å². The zero-order chi connectivity index (χ0) is 31.7. The van der Waals surface area contributed by atoms with E-state index in [4.69, 9.17) is 13.3 Å². The number of hydrogen-bond donors (Lipinski definition) is 0. The summed E-state index contributed by atoms with van der Waals surface area (Å²) in [6.45, 7) is 16.7. The van der Waals surface area contributed by atoms with E-state index in [0.717, 1.165) is 12.5 Å². The maximum Gasteiger partial charge on any atom is 0.501 e. The standard InChI is InChI=1S/C38H82NO3Si.ClH/c1-7-12-14-16-18-20-22-24-26-28-30-32-35-39(6,37-34-38-43(40-9-3,41-10-4)42-11-5)36-33-31-29-27-25-23-21-19-17-15-13-8-2;/h7-38H2,1-6H3;1H/q+1;/p-1. The van der Waals surface area contributed by atoms with E-state index in [9.17, 15) is 0 Å². The molecule has 0 fully saturated rings. The molecule has 44 heavy (non-hydrogen) atoms. The Kier molecular flexibility index (Phi) is 36.6. The summed E-state index contributed by atoms with van der Waals surface area (Å²) in [7, 11) is -0.0149. The minimum atomic E-state index is -2.55. The van der Waals surface area contributed by atoms with Crippen molar-refractivity contribution < 1.29 is 30.2 Å². The summed E-state index contributed by atoms with van der Waals surface area (Å²) in [5.41, 5.74) is 0. The Morgan fingerprint density at radius 3 is 0.886 bits per heavy atom. The zero-order valence-corrected chi connectivity index (χ0v) is 32.9. The molecule has 0 N–H and O–H groups in total. The van der Waals surface area contributed by atoms with Crippen LogP contribution in [0.1, 0.15) is 195 Å². The van der Waals surface area contributed by atoms with Gasteiger partial charge in [0.05, 0.1) is 26.7 Å². The van der Waals surface area contributed by atoms with Crippen LogP contribution < -0.4 is 12.4 Å². The Balaban J connectivity index is 0. The van der Waals surface area contributed by atoms with Crippen molar-refractivity contribution in [3.8, 4) is 0 Å². The Labute approximate surface area is 285 Å². The van der Waals surface area contributed by atoms with Crippen molar-refractivity contribution in [2.45, 2.75) is 201 Å². The molecule has 6 heteroatoms. The third kappa shape index (κ3) is 28.6. The van der Waals surface area contributed by atoms with Crippen LogP contribution in [0.4, 0.5) is 0 Å². The van der Waals surface area contributed by atoms with Crippen LogP contribution in [0, 0.1) is 0 Å². The topological polar surface area (TPSA) is 27.7 Å². The molecule has 0 bridgehead atoms. The highest BCUT2D eigenvalue weighted by molar-refractivity contribution is 6.60. The smallest absolute Gasteiger partial charge is 0.501 e. The molecule has 0 heterocycles. The Bertz CT molecular complexity index is 509. The highest BCUT2D eigenvalue weighted by atomic mass is 35.5. The van der Waals surface area contributed by atoms with Gasteiger partial charge in [0.2, 0.25) is 0 Å². The molecule has 0 aliphatic rings. The van der Waals surface area contributed by atoms with Gasteiger partial charge in [-0.2, -0.15) is 0 Å². The molecule has 0 amide bonds. The van der Waals surface area contributed by atoms with E-state index >= 15 is 0 Å². The average Bonchev–Trinajstić information content (AvgIpc) is 2.99. The molecule has 0 aliphatic heterocycles. The lowest BCUT2D eigenvalue weighted by Gasteiger charge is -2.36. The number of rotatable bonds is 36. The van der Waals surface area contributed by atoms with Crippen LogP contribution in [0.5, 0.6) is 0 Å². The van der Waals surface area contributed by atoms with Crippen molar-refractivity contribution in [2.75, 3.05) is 46.5 Å². The van der Waals surface area contributed by atoms with E-state index < -0.39 is 8.80 Å². The van der Waals surface area contributed by atoms with Crippen molar-refractivity contribution in [2.24, 2.45) is 0 Å². The second-order valence-electron chi connectivity index (χ2n) is 13.7. The molecule has 0 saturated heterocycles. The predicted molar refractivity (Wildman–Crippen MR) is 193 cm³/mol. The second kappa shape index (κ2) is 34.7. The molecule has 0 saturated carbocycles. The lowest BCUT2D eigenvalue weighted by atomic mass is 10.0. The van der Waals surface area contributed by atoms with Crippen LogP contribution in [0.15, 0.2) is 0 Å². The third-order valence-corrected chi connectivity index (χ3v) is 12.5. The minimum Gasteiger partial charge on any atom is -1.00 e. The number of hydrogen-bond acceptors (Lipinski definition) is 3. The van der Waals surface area contributed by atoms with Gasteiger partial charge in [0.15, 0.2) is 0 Å². The van der Waals surface area contributed by atoms with Crippen molar-refractivity contribution in [1.29, 1.82) is 0 Å². The van der Waals surface area contributed by atoms with Crippen molar-refractivity contribution in [3.05, 3.63) is 0 Å². The number of unbranched alkanes of at least 4 members (excludes halogenated alkanes) is 22. The summed E-state index contributed by atoms with van der Waals surface area (Å²) in [6, 6.07) is 0.952. The molecule has 0 unspecified atom stereocenters. The molecular formula is C38H82ClNO3Si. The summed E-state index contributed by atoms with van der Waals surface area (Å²) in [6.07, 6.45) is 35.3. The van der Waals surface area contributed by atoms with E-state index in [1.165, 1.54) is 178 Å². The molecule has 0 spiro atoms. The van der Waals surface area contributed by atoms with Gasteiger partial charge in [-0.3, -0.25) is 0 Å². The highest BCUT2D eigenvalue weighted by Gasteiger charge is 2.40. The largest absolute Gasteiger partial charge is 1.00 e. The van der Waals surface area contributed by atoms with Crippen LogP contribution in [0.25, 0.3) is 0 Å². The first-order valence-electron chi connectivity index (χ1n) is 19.8. The van der Waals surface area contributed by atoms with E-state index in [1.54, 1.807) is 0 Å². The number of nitrogens with zero attached hydrogens (tertiary/aromatic N) is 1. The molecule has 0 aromatic carbocycles. The monoisotopic (exact) mass is 664 g/mol. The van der Waals surface area contributed by atoms with E-state index in [2.05, 4.69) is 41.7 Å².